The van der Waals surface area contributed by atoms with Gasteiger partial charge in [0.1, 0.15) is 5.84 Å². The van der Waals surface area contributed by atoms with E-state index in [0.29, 0.717) is 5.92 Å². The number of dihydropyridines is 1. The Balaban J connectivity index is 2.23. The van der Waals surface area contributed by atoms with Crippen molar-refractivity contribution in [3.8, 4) is 0 Å². The highest BCUT2D eigenvalue weighted by Gasteiger charge is 2.14. The Bertz CT molecular complexity index is 213. The highest BCUT2D eigenvalue weighted by molar-refractivity contribution is 5.88. The first-order chi connectivity index (χ1) is 4.97. The fourth-order valence-corrected chi connectivity index (χ4v) is 1.29. The van der Waals surface area contributed by atoms with Gasteiger partial charge in [0.15, 0.2) is 0 Å². The Hall–Kier alpha value is -1.05. The Kier molecular flexibility index (Phi) is 1.31. The molecule has 10 heavy (non-hydrogen) atoms. The maximum Gasteiger partial charge on any atom is 0.108 e. The van der Waals surface area contributed by atoms with Crippen molar-refractivity contribution in [1.29, 1.82) is 0 Å². The maximum atomic E-state index is 4.32. The molecule has 0 radical (unpaired) electrons. The predicted octanol–water partition coefficient (Wildman–Crippen LogP) is 1.08. The molecule has 2 heteroatoms. The summed E-state index contributed by atoms with van der Waals surface area (Å²) in [6, 6.07) is 0. The van der Waals surface area contributed by atoms with Crippen LogP contribution in [0.5, 0.6) is 0 Å². The van der Waals surface area contributed by atoms with Gasteiger partial charge in [-0.2, -0.15) is 0 Å². The number of hydrogen-bond donors (Lipinski definition) is 1. The number of amidine groups is 1. The lowest BCUT2D eigenvalue weighted by Crippen LogP contribution is -2.30. The van der Waals surface area contributed by atoms with Crippen molar-refractivity contribution in [3.63, 3.8) is 0 Å². The molecule has 0 aromatic carbocycles. The van der Waals surface area contributed by atoms with Crippen molar-refractivity contribution in [2.24, 2.45) is 10.9 Å². The Morgan fingerprint density at radius 1 is 1.50 bits per heavy atom. The number of allylic oxidation sites excluding steroid dienone is 1. The first kappa shape index (κ1) is 5.71. The number of aliphatic imine (C=N–C) groups is 1. The van der Waals surface area contributed by atoms with Gasteiger partial charge in [-0.25, -0.2) is 0 Å². The van der Waals surface area contributed by atoms with E-state index < -0.39 is 0 Å². The molecule has 2 heterocycles. The third-order valence-corrected chi connectivity index (χ3v) is 1.83. The highest BCUT2D eigenvalue weighted by Crippen LogP contribution is 2.14. The highest BCUT2D eigenvalue weighted by atomic mass is 15.0. The minimum atomic E-state index is 0.527. The molecule has 52 valence electrons. The van der Waals surface area contributed by atoms with E-state index in [1.54, 1.807) is 0 Å². The normalized spacial score (nSPS) is 28.8. The van der Waals surface area contributed by atoms with Crippen molar-refractivity contribution >= 4 is 5.84 Å². The summed E-state index contributed by atoms with van der Waals surface area (Å²) in [4.78, 5) is 4.32. The molecule has 1 unspecified atom stereocenters. The van der Waals surface area contributed by atoms with E-state index in [9.17, 15) is 0 Å². The molecule has 0 bridgehead atoms. The van der Waals surface area contributed by atoms with Gasteiger partial charge in [-0.05, 0) is 12.6 Å². The molecule has 0 aromatic rings. The fourth-order valence-electron chi connectivity index (χ4n) is 1.29. The van der Waals surface area contributed by atoms with Gasteiger partial charge in [0.05, 0.1) is 6.54 Å². The molecule has 2 rings (SSSR count). The summed E-state index contributed by atoms with van der Waals surface area (Å²) in [7, 11) is 0. The lowest BCUT2D eigenvalue weighted by molar-refractivity contribution is 0.793. The Labute approximate surface area is 60.3 Å². The fraction of sp³-hybridized carbons (Fsp3) is 0.375. The van der Waals surface area contributed by atoms with Gasteiger partial charge in [0.2, 0.25) is 0 Å². The van der Waals surface area contributed by atoms with Crippen LogP contribution in [0.15, 0.2) is 29.4 Å². The summed E-state index contributed by atoms with van der Waals surface area (Å²) in [5, 5.41) is 3.14. The van der Waals surface area contributed by atoms with Crippen LogP contribution in [0.2, 0.25) is 0 Å². The monoisotopic (exact) mass is 134 g/mol. The Morgan fingerprint density at radius 2 is 2.50 bits per heavy atom. The van der Waals surface area contributed by atoms with Crippen molar-refractivity contribution in [3.05, 3.63) is 24.4 Å². The minimum Gasteiger partial charge on any atom is -0.350 e. The standard InChI is InChI=1S/C8H10N2/c1-3-7-4-2-6-10-8(7)9-5-1/h1-3,6-7H,4-5H2,(H,9,10). The number of rotatable bonds is 0. The molecule has 1 atom stereocenters. The van der Waals surface area contributed by atoms with Gasteiger partial charge >= 0.3 is 0 Å². The van der Waals surface area contributed by atoms with Crippen LogP contribution >= 0.6 is 0 Å². The molecular weight excluding hydrogens is 124 g/mol. The van der Waals surface area contributed by atoms with Gasteiger partial charge in [0.25, 0.3) is 0 Å². The van der Waals surface area contributed by atoms with Crippen LogP contribution in [-0.4, -0.2) is 12.4 Å². The van der Waals surface area contributed by atoms with E-state index in [-0.39, 0.29) is 0 Å². The molecule has 0 saturated heterocycles. The molecule has 1 N–H and O–H groups in total. The van der Waals surface area contributed by atoms with Gasteiger partial charge in [-0.3, -0.25) is 4.99 Å². The summed E-state index contributed by atoms with van der Waals surface area (Å²) in [5.41, 5.74) is 0. The lowest BCUT2D eigenvalue weighted by atomic mass is 9.99. The van der Waals surface area contributed by atoms with Crippen molar-refractivity contribution in [2.75, 3.05) is 6.54 Å². The van der Waals surface area contributed by atoms with E-state index in [1.807, 2.05) is 6.20 Å². The van der Waals surface area contributed by atoms with Crippen LogP contribution in [0.25, 0.3) is 0 Å². The SMILES string of the molecule is C1=CC2CC=CNC2=NC1. The average Bonchev–Trinajstić information content (AvgIpc) is 2.05. The van der Waals surface area contributed by atoms with E-state index in [1.165, 1.54) is 0 Å². The van der Waals surface area contributed by atoms with Crippen LogP contribution in [0.1, 0.15) is 6.42 Å². The van der Waals surface area contributed by atoms with Crippen LogP contribution in [-0.2, 0) is 0 Å². The smallest absolute Gasteiger partial charge is 0.108 e. The van der Waals surface area contributed by atoms with Crippen LogP contribution in [0, 0.1) is 5.92 Å². The third-order valence-electron chi connectivity index (χ3n) is 1.83. The van der Waals surface area contributed by atoms with Crippen molar-refractivity contribution < 1.29 is 0 Å². The quantitative estimate of drug-likeness (QED) is 0.492. The van der Waals surface area contributed by atoms with Crippen LogP contribution < -0.4 is 5.32 Å². The van der Waals surface area contributed by atoms with E-state index >= 15 is 0 Å². The summed E-state index contributed by atoms with van der Waals surface area (Å²) in [6.07, 6.45) is 9.55. The second-order valence-electron chi connectivity index (χ2n) is 2.54. The van der Waals surface area contributed by atoms with E-state index in [0.717, 1.165) is 18.8 Å². The van der Waals surface area contributed by atoms with E-state index in [4.69, 9.17) is 0 Å². The molecule has 0 fully saturated rings. The second-order valence-corrected chi connectivity index (χ2v) is 2.54. The van der Waals surface area contributed by atoms with Gasteiger partial charge in [0, 0.05) is 5.92 Å². The van der Waals surface area contributed by atoms with Crippen LogP contribution in [0.4, 0.5) is 0 Å². The molecule has 2 aliphatic rings. The van der Waals surface area contributed by atoms with Gasteiger partial charge in [-0.15, -0.1) is 0 Å². The van der Waals surface area contributed by atoms with Crippen LogP contribution in [0.3, 0.4) is 0 Å². The van der Waals surface area contributed by atoms with Crippen molar-refractivity contribution in [1.82, 2.24) is 5.32 Å². The zero-order valence-corrected chi connectivity index (χ0v) is 5.75. The molecule has 2 nitrogen and oxygen atoms in total. The summed E-state index contributed by atoms with van der Waals surface area (Å²) < 4.78 is 0. The maximum absolute atomic E-state index is 4.32. The minimum absolute atomic E-state index is 0.527. The average molecular weight is 134 g/mol. The zero-order valence-electron chi connectivity index (χ0n) is 5.75. The number of hydrogen-bond acceptors (Lipinski definition) is 2. The predicted molar refractivity (Wildman–Crippen MR) is 41.8 cm³/mol. The lowest BCUT2D eigenvalue weighted by Gasteiger charge is -2.20. The largest absolute Gasteiger partial charge is 0.350 e. The number of nitrogens with zero attached hydrogens (tertiary/aromatic N) is 1. The number of fused-ring (bicyclic) bond motifs is 1. The molecular formula is C8H10N2. The molecule has 0 saturated carbocycles. The topological polar surface area (TPSA) is 24.4 Å². The van der Waals surface area contributed by atoms with Gasteiger partial charge in [-0.1, -0.05) is 18.2 Å². The summed E-state index contributed by atoms with van der Waals surface area (Å²) in [5.74, 6) is 1.66. The molecule has 2 aliphatic heterocycles. The van der Waals surface area contributed by atoms with Crippen molar-refractivity contribution in [2.45, 2.75) is 6.42 Å². The Morgan fingerprint density at radius 3 is 3.40 bits per heavy atom. The molecule has 0 amide bonds. The second kappa shape index (κ2) is 2.29. The summed E-state index contributed by atoms with van der Waals surface area (Å²) >= 11 is 0. The third kappa shape index (κ3) is 0.856. The van der Waals surface area contributed by atoms with Gasteiger partial charge < -0.3 is 5.32 Å². The number of nitrogens with one attached hydrogen (secondary N) is 1. The molecule has 0 aromatic heterocycles. The first-order valence-corrected chi connectivity index (χ1v) is 3.59. The summed E-state index contributed by atoms with van der Waals surface area (Å²) in [6.45, 7) is 0.840. The van der Waals surface area contributed by atoms with E-state index in [2.05, 4.69) is 28.5 Å². The first-order valence-electron chi connectivity index (χ1n) is 3.59. The molecule has 0 spiro atoms. The molecule has 0 aliphatic carbocycles. The zero-order chi connectivity index (χ0) is 6.81.